The van der Waals surface area contributed by atoms with Crippen LogP contribution in [0.25, 0.3) is 0 Å². The second-order valence-corrected chi connectivity index (χ2v) is 8.43. The number of ether oxygens (including phenoxy) is 1. The van der Waals surface area contributed by atoms with Gasteiger partial charge in [-0.2, -0.15) is 0 Å². The lowest BCUT2D eigenvalue weighted by atomic mass is 10.2. The second kappa shape index (κ2) is 7.44. The molecule has 0 bridgehead atoms. The van der Waals surface area contributed by atoms with E-state index in [1.165, 1.54) is 0 Å². The van der Waals surface area contributed by atoms with Crippen molar-refractivity contribution in [2.24, 2.45) is 0 Å². The SMILES string of the molecule is C=CCO/C(=C\C)CP(=O)(OC(C)(C)C)OC(C)(C)C. The van der Waals surface area contributed by atoms with Gasteiger partial charge in [0, 0.05) is 0 Å². The van der Waals surface area contributed by atoms with Crippen LogP contribution >= 0.6 is 7.60 Å². The van der Waals surface area contributed by atoms with Gasteiger partial charge in [-0.05, 0) is 54.5 Å². The van der Waals surface area contributed by atoms with Crippen molar-refractivity contribution >= 4 is 7.60 Å². The second-order valence-electron chi connectivity index (χ2n) is 6.53. The molecule has 0 rings (SSSR count). The minimum absolute atomic E-state index is 0.117. The van der Waals surface area contributed by atoms with Crippen molar-refractivity contribution in [3.8, 4) is 0 Å². The minimum atomic E-state index is -3.30. The number of hydrogen-bond donors (Lipinski definition) is 0. The van der Waals surface area contributed by atoms with Gasteiger partial charge in [0.1, 0.15) is 18.5 Å². The molecule has 0 N–H and O–H groups in total. The normalized spacial score (nSPS) is 14.2. The first-order valence-corrected chi connectivity index (χ1v) is 8.53. The molecule has 0 saturated carbocycles. The van der Waals surface area contributed by atoms with Gasteiger partial charge in [-0.1, -0.05) is 12.7 Å². The molecule has 20 heavy (non-hydrogen) atoms. The van der Waals surface area contributed by atoms with Crippen LogP contribution in [0.1, 0.15) is 48.5 Å². The maximum absolute atomic E-state index is 13.0. The zero-order valence-corrected chi connectivity index (χ0v) is 14.8. The first-order chi connectivity index (χ1) is 8.91. The lowest BCUT2D eigenvalue weighted by molar-refractivity contribution is 0.0486. The van der Waals surface area contributed by atoms with Gasteiger partial charge >= 0.3 is 7.60 Å². The summed E-state index contributed by atoms with van der Waals surface area (Å²) in [4.78, 5) is 0. The van der Waals surface area contributed by atoms with E-state index in [4.69, 9.17) is 13.8 Å². The van der Waals surface area contributed by atoms with Crippen LogP contribution < -0.4 is 0 Å². The Morgan fingerprint density at radius 2 is 1.55 bits per heavy atom. The summed E-state index contributed by atoms with van der Waals surface area (Å²) in [7, 11) is -3.30. The summed E-state index contributed by atoms with van der Waals surface area (Å²) >= 11 is 0. The Bertz CT molecular complexity index is 366. The summed E-state index contributed by atoms with van der Waals surface area (Å²) in [6.45, 7) is 16.9. The molecule has 0 aromatic heterocycles. The highest BCUT2D eigenvalue weighted by Gasteiger charge is 2.36. The molecule has 118 valence electrons. The standard InChI is InChI=1S/C15H29O4P/c1-9-11-17-13(10-2)12-20(16,18-14(3,4)5)19-15(6,7)8/h9-10H,1,11-12H2,2-8H3/b13-10-. The summed E-state index contributed by atoms with van der Waals surface area (Å²) in [5, 5.41) is 0. The summed E-state index contributed by atoms with van der Waals surface area (Å²) in [5.74, 6) is 0.585. The first kappa shape index (κ1) is 19.4. The van der Waals surface area contributed by atoms with E-state index in [2.05, 4.69) is 6.58 Å². The Morgan fingerprint density at radius 1 is 1.10 bits per heavy atom. The van der Waals surface area contributed by atoms with E-state index in [1.807, 2.05) is 48.5 Å². The zero-order chi connectivity index (χ0) is 16.0. The van der Waals surface area contributed by atoms with Crippen LogP contribution in [0.4, 0.5) is 0 Å². The van der Waals surface area contributed by atoms with Crippen LogP contribution in [0.2, 0.25) is 0 Å². The molecular formula is C15H29O4P. The fourth-order valence-corrected chi connectivity index (χ4v) is 3.99. The molecule has 0 heterocycles. The highest BCUT2D eigenvalue weighted by molar-refractivity contribution is 7.54. The monoisotopic (exact) mass is 304 g/mol. The van der Waals surface area contributed by atoms with E-state index in [0.29, 0.717) is 12.4 Å². The Labute approximate surface area is 123 Å². The Morgan fingerprint density at radius 3 is 1.85 bits per heavy atom. The average molecular weight is 304 g/mol. The molecule has 0 saturated heterocycles. The molecule has 5 heteroatoms. The van der Waals surface area contributed by atoms with Crippen LogP contribution in [0.15, 0.2) is 24.5 Å². The summed E-state index contributed by atoms with van der Waals surface area (Å²) in [6, 6.07) is 0. The van der Waals surface area contributed by atoms with E-state index >= 15 is 0 Å². The molecule has 0 radical (unpaired) electrons. The third kappa shape index (κ3) is 9.35. The first-order valence-electron chi connectivity index (χ1n) is 6.80. The van der Waals surface area contributed by atoms with Crippen molar-refractivity contribution in [3.05, 3.63) is 24.5 Å². The third-order valence-corrected chi connectivity index (χ3v) is 4.23. The number of hydrogen-bond acceptors (Lipinski definition) is 4. The Hall–Kier alpha value is -0.570. The van der Waals surface area contributed by atoms with Crippen molar-refractivity contribution in [1.82, 2.24) is 0 Å². The fraction of sp³-hybridized carbons (Fsp3) is 0.733. The largest absolute Gasteiger partial charge is 0.494 e. The molecule has 4 nitrogen and oxygen atoms in total. The van der Waals surface area contributed by atoms with Crippen LogP contribution in [-0.2, 0) is 18.3 Å². The van der Waals surface area contributed by atoms with Crippen LogP contribution in [0.5, 0.6) is 0 Å². The van der Waals surface area contributed by atoms with Crippen molar-refractivity contribution in [2.45, 2.75) is 59.7 Å². The van der Waals surface area contributed by atoms with Gasteiger partial charge in [0.05, 0.1) is 11.2 Å². The van der Waals surface area contributed by atoms with Crippen molar-refractivity contribution < 1.29 is 18.3 Å². The van der Waals surface area contributed by atoms with Gasteiger partial charge in [0.15, 0.2) is 0 Å². The quantitative estimate of drug-likeness (QED) is 0.380. The molecule has 0 spiro atoms. The topological polar surface area (TPSA) is 44.8 Å². The minimum Gasteiger partial charge on any atom is -0.494 e. The van der Waals surface area contributed by atoms with E-state index in [-0.39, 0.29) is 6.16 Å². The van der Waals surface area contributed by atoms with Crippen molar-refractivity contribution in [2.75, 3.05) is 12.8 Å². The lowest BCUT2D eigenvalue weighted by Gasteiger charge is -2.32. The lowest BCUT2D eigenvalue weighted by Crippen LogP contribution is -2.25. The summed E-state index contributed by atoms with van der Waals surface area (Å²) in [6.07, 6.45) is 3.53. The van der Waals surface area contributed by atoms with E-state index in [9.17, 15) is 4.57 Å². The number of rotatable bonds is 7. The van der Waals surface area contributed by atoms with Gasteiger partial charge in [-0.15, -0.1) is 0 Å². The van der Waals surface area contributed by atoms with Gasteiger partial charge in [-0.3, -0.25) is 4.57 Å². The molecule has 0 amide bonds. The van der Waals surface area contributed by atoms with Crippen LogP contribution in [0.3, 0.4) is 0 Å². The molecular weight excluding hydrogens is 275 g/mol. The van der Waals surface area contributed by atoms with Crippen molar-refractivity contribution in [3.63, 3.8) is 0 Å². The van der Waals surface area contributed by atoms with Gasteiger partial charge in [0.25, 0.3) is 0 Å². The van der Waals surface area contributed by atoms with Crippen LogP contribution in [-0.4, -0.2) is 24.0 Å². The number of allylic oxidation sites excluding steroid dienone is 2. The van der Waals surface area contributed by atoms with E-state index in [1.54, 1.807) is 12.2 Å². The molecule has 0 fully saturated rings. The Balaban J connectivity index is 5.12. The third-order valence-electron chi connectivity index (χ3n) is 1.88. The molecule has 0 aliphatic carbocycles. The molecule has 0 aliphatic rings. The van der Waals surface area contributed by atoms with E-state index in [0.717, 1.165) is 0 Å². The highest BCUT2D eigenvalue weighted by Crippen LogP contribution is 2.55. The summed E-state index contributed by atoms with van der Waals surface area (Å²) in [5.41, 5.74) is -1.11. The highest BCUT2D eigenvalue weighted by atomic mass is 31.2. The summed E-state index contributed by atoms with van der Waals surface area (Å²) < 4.78 is 29.9. The van der Waals surface area contributed by atoms with Gasteiger partial charge in [-0.25, -0.2) is 0 Å². The predicted molar refractivity (Wildman–Crippen MR) is 84.1 cm³/mol. The predicted octanol–water partition coefficient (Wildman–Crippen LogP) is 4.92. The van der Waals surface area contributed by atoms with Crippen molar-refractivity contribution in [1.29, 1.82) is 0 Å². The van der Waals surface area contributed by atoms with Crippen LogP contribution in [0, 0.1) is 0 Å². The van der Waals surface area contributed by atoms with E-state index < -0.39 is 18.8 Å². The van der Waals surface area contributed by atoms with Gasteiger partial charge in [0.2, 0.25) is 0 Å². The zero-order valence-electron chi connectivity index (χ0n) is 13.9. The maximum atomic E-state index is 13.0. The molecule has 0 aromatic carbocycles. The molecule has 0 unspecified atom stereocenters. The average Bonchev–Trinajstić information content (AvgIpc) is 2.18. The molecule has 0 aliphatic heterocycles. The maximum Gasteiger partial charge on any atom is 0.339 e. The fourth-order valence-electron chi connectivity index (χ4n) is 1.49. The van der Waals surface area contributed by atoms with Gasteiger partial charge < -0.3 is 13.8 Å². The molecule has 0 atom stereocenters. The Kier molecular flexibility index (Phi) is 7.23. The smallest absolute Gasteiger partial charge is 0.339 e. The molecule has 0 aromatic rings.